The SMILES string of the molecule is CC(C)(C)c1ccc(NC2=CC(=O)CCC2)cc1. The Balaban J connectivity index is 2.09. The van der Waals surface area contributed by atoms with E-state index in [4.69, 9.17) is 0 Å². The van der Waals surface area contributed by atoms with E-state index in [1.807, 2.05) is 0 Å². The molecule has 0 aliphatic heterocycles. The van der Waals surface area contributed by atoms with E-state index < -0.39 is 0 Å². The molecule has 18 heavy (non-hydrogen) atoms. The highest BCUT2D eigenvalue weighted by atomic mass is 16.1. The van der Waals surface area contributed by atoms with Gasteiger partial charge in [-0.2, -0.15) is 0 Å². The van der Waals surface area contributed by atoms with Gasteiger partial charge in [-0.1, -0.05) is 32.9 Å². The first-order valence-electron chi connectivity index (χ1n) is 6.56. The standard InChI is InChI=1S/C16H21NO/c1-16(2,3)12-7-9-13(10-8-12)17-14-5-4-6-15(18)11-14/h7-11,17H,4-6H2,1-3H3. The molecule has 2 rings (SSSR count). The van der Waals surface area contributed by atoms with Gasteiger partial charge in [-0.15, -0.1) is 0 Å². The van der Waals surface area contributed by atoms with E-state index in [0.717, 1.165) is 24.2 Å². The third-order valence-electron chi connectivity index (χ3n) is 3.26. The van der Waals surface area contributed by atoms with Crippen LogP contribution >= 0.6 is 0 Å². The number of carbonyl (C=O) groups is 1. The molecule has 2 nitrogen and oxygen atoms in total. The minimum Gasteiger partial charge on any atom is -0.359 e. The second-order valence-corrected chi connectivity index (χ2v) is 5.94. The van der Waals surface area contributed by atoms with Gasteiger partial charge in [0.1, 0.15) is 0 Å². The van der Waals surface area contributed by atoms with Gasteiger partial charge in [0.25, 0.3) is 0 Å². The van der Waals surface area contributed by atoms with Crippen molar-refractivity contribution in [2.45, 2.75) is 45.4 Å². The van der Waals surface area contributed by atoms with Crippen LogP contribution in [0.25, 0.3) is 0 Å². The van der Waals surface area contributed by atoms with Gasteiger partial charge in [0.05, 0.1) is 0 Å². The van der Waals surface area contributed by atoms with E-state index in [2.05, 4.69) is 50.4 Å². The molecule has 0 heterocycles. The molecule has 0 aromatic heterocycles. The average molecular weight is 243 g/mol. The fourth-order valence-electron chi connectivity index (χ4n) is 2.13. The van der Waals surface area contributed by atoms with Crippen molar-refractivity contribution in [3.63, 3.8) is 0 Å². The Kier molecular flexibility index (Phi) is 3.55. The molecular weight excluding hydrogens is 222 g/mol. The van der Waals surface area contributed by atoms with E-state index in [9.17, 15) is 4.79 Å². The molecule has 1 aliphatic carbocycles. The maximum absolute atomic E-state index is 11.3. The highest BCUT2D eigenvalue weighted by Crippen LogP contribution is 2.25. The Bertz CT molecular complexity index is 463. The summed E-state index contributed by atoms with van der Waals surface area (Å²) < 4.78 is 0. The first-order valence-corrected chi connectivity index (χ1v) is 6.56. The molecule has 1 aromatic carbocycles. The number of hydrogen-bond acceptors (Lipinski definition) is 2. The molecule has 0 spiro atoms. The average Bonchev–Trinajstić information content (AvgIpc) is 2.28. The lowest BCUT2D eigenvalue weighted by atomic mass is 9.87. The molecule has 0 atom stereocenters. The Morgan fingerprint density at radius 3 is 2.28 bits per heavy atom. The van der Waals surface area contributed by atoms with E-state index in [-0.39, 0.29) is 11.2 Å². The predicted octanol–water partition coefficient (Wildman–Crippen LogP) is 4.03. The first kappa shape index (κ1) is 12.9. The number of anilines is 1. The van der Waals surface area contributed by atoms with Crippen molar-refractivity contribution in [3.05, 3.63) is 41.6 Å². The van der Waals surface area contributed by atoms with Crippen molar-refractivity contribution < 1.29 is 4.79 Å². The van der Waals surface area contributed by atoms with Crippen molar-refractivity contribution in [1.82, 2.24) is 0 Å². The molecular formula is C16H21NO. The monoisotopic (exact) mass is 243 g/mol. The highest BCUT2D eigenvalue weighted by Gasteiger charge is 2.13. The van der Waals surface area contributed by atoms with Crippen LogP contribution in [0.2, 0.25) is 0 Å². The van der Waals surface area contributed by atoms with Crippen LogP contribution in [0.4, 0.5) is 5.69 Å². The van der Waals surface area contributed by atoms with Crippen LogP contribution in [0.3, 0.4) is 0 Å². The van der Waals surface area contributed by atoms with Crippen LogP contribution < -0.4 is 5.32 Å². The molecule has 0 saturated carbocycles. The number of benzene rings is 1. The highest BCUT2D eigenvalue weighted by molar-refractivity contribution is 5.91. The zero-order valence-electron chi connectivity index (χ0n) is 11.4. The summed E-state index contributed by atoms with van der Waals surface area (Å²) >= 11 is 0. The fourth-order valence-corrected chi connectivity index (χ4v) is 2.13. The first-order chi connectivity index (χ1) is 8.45. The van der Waals surface area contributed by atoms with Gasteiger partial charge in [0.15, 0.2) is 5.78 Å². The Morgan fingerprint density at radius 1 is 1.06 bits per heavy atom. The minimum absolute atomic E-state index is 0.179. The lowest BCUT2D eigenvalue weighted by molar-refractivity contribution is -0.115. The zero-order valence-corrected chi connectivity index (χ0v) is 11.4. The molecule has 0 amide bonds. The van der Waals surface area contributed by atoms with Crippen molar-refractivity contribution in [1.29, 1.82) is 0 Å². The van der Waals surface area contributed by atoms with E-state index in [0.29, 0.717) is 6.42 Å². The molecule has 0 bridgehead atoms. The Labute approximate surface area is 109 Å². The smallest absolute Gasteiger partial charge is 0.157 e. The van der Waals surface area contributed by atoms with Gasteiger partial charge in [-0.25, -0.2) is 0 Å². The second-order valence-electron chi connectivity index (χ2n) is 5.94. The number of allylic oxidation sites excluding steroid dienone is 2. The van der Waals surface area contributed by atoms with Gasteiger partial charge < -0.3 is 5.32 Å². The lowest BCUT2D eigenvalue weighted by Crippen LogP contribution is -2.11. The zero-order chi connectivity index (χ0) is 13.2. The summed E-state index contributed by atoms with van der Waals surface area (Å²) in [6.07, 6.45) is 4.35. The maximum Gasteiger partial charge on any atom is 0.157 e. The summed E-state index contributed by atoms with van der Waals surface area (Å²) in [4.78, 5) is 11.3. The molecule has 0 fully saturated rings. The third-order valence-corrected chi connectivity index (χ3v) is 3.26. The molecule has 96 valence electrons. The van der Waals surface area contributed by atoms with Gasteiger partial charge in [-0.3, -0.25) is 4.79 Å². The van der Waals surface area contributed by atoms with E-state index in [1.54, 1.807) is 6.08 Å². The molecule has 1 N–H and O–H groups in total. The van der Waals surface area contributed by atoms with Crippen molar-refractivity contribution in [2.75, 3.05) is 5.32 Å². The van der Waals surface area contributed by atoms with Crippen molar-refractivity contribution in [2.24, 2.45) is 0 Å². The summed E-state index contributed by atoms with van der Waals surface area (Å²) in [5.41, 5.74) is 3.60. The predicted molar refractivity (Wildman–Crippen MR) is 75.7 cm³/mol. The lowest BCUT2D eigenvalue weighted by Gasteiger charge is -2.20. The Hall–Kier alpha value is -1.57. The summed E-state index contributed by atoms with van der Waals surface area (Å²) in [6.45, 7) is 6.62. The Morgan fingerprint density at radius 2 is 1.72 bits per heavy atom. The largest absolute Gasteiger partial charge is 0.359 e. The number of ketones is 1. The van der Waals surface area contributed by atoms with Crippen LogP contribution in [0.15, 0.2) is 36.0 Å². The summed E-state index contributed by atoms with van der Waals surface area (Å²) in [5.74, 6) is 0.232. The molecule has 1 aliphatic rings. The van der Waals surface area contributed by atoms with Gasteiger partial charge in [0.2, 0.25) is 0 Å². The molecule has 0 unspecified atom stereocenters. The van der Waals surface area contributed by atoms with Crippen LogP contribution in [0, 0.1) is 0 Å². The molecule has 1 aromatic rings. The van der Waals surface area contributed by atoms with E-state index >= 15 is 0 Å². The number of hydrogen-bond donors (Lipinski definition) is 1. The molecule has 0 saturated heterocycles. The molecule has 2 heteroatoms. The normalized spacial score (nSPS) is 16.4. The quantitative estimate of drug-likeness (QED) is 0.849. The van der Waals surface area contributed by atoms with Gasteiger partial charge in [0, 0.05) is 23.9 Å². The molecule has 0 radical (unpaired) electrons. The van der Waals surface area contributed by atoms with Crippen LogP contribution in [-0.4, -0.2) is 5.78 Å². The summed E-state index contributed by atoms with van der Waals surface area (Å²) in [5, 5.41) is 3.33. The minimum atomic E-state index is 0.179. The van der Waals surface area contributed by atoms with Crippen LogP contribution in [0.5, 0.6) is 0 Å². The van der Waals surface area contributed by atoms with Crippen LogP contribution in [0.1, 0.15) is 45.6 Å². The number of carbonyl (C=O) groups excluding carboxylic acids is 1. The van der Waals surface area contributed by atoms with Gasteiger partial charge in [-0.05, 0) is 36.0 Å². The van der Waals surface area contributed by atoms with Gasteiger partial charge >= 0.3 is 0 Å². The van der Waals surface area contributed by atoms with Crippen molar-refractivity contribution >= 4 is 11.5 Å². The number of nitrogens with one attached hydrogen (secondary N) is 1. The summed E-state index contributed by atoms with van der Waals surface area (Å²) in [6, 6.07) is 8.46. The van der Waals surface area contributed by atoms with Crippen LogP contribution in [-0.2, 0) is 10.2 Å². The second kappa shape index (κ2) is 4.97. The fraction of sp³-hybridized carbons (Fsp3) is 0.438. The third kappa shape index (κ3) is 3.22. The maximum atomic E-state index is 11.3. The topological polar surface area (TPSA) is 29.1 Å². The van der Waals surface area contributed by atoms with Crippen molar-refractivity contribution in [3.8, 4) is 0 Å². The summed E-state index contributed by atoms with van der Waals surface area (Å²) in [7, 11) is 0. The number of rotatable bonds is 2. The van der Waals surface area contributed by atoms with E-state index in [1.165, 1.54) is 5.56 Å².